The molecule has 2 rings (SSSR count). The summed E-state index contributed by atoms with van der Waals surface area (Å²) >= 11 is 5.54. The van der Waals surface area contributed by atoms with E-state index in [1.807, 2.05) is 0 Å². The third-order valence-corrected chi connectivity index (χ3v) is 5.61. The SMILES string of the molecule is CS(=O)(=O)c1ccc(CCl)cc1.CS(=O)(=O)c1ccc(CO)cc1. The van der Waals surface area contributed by atoms with E-state index in [9.17, 15) is 16.8 Å². The maximum Gasteiger partial charge on any atom is 0.175 e. The maximum atomic E-state index is 11.0. The molecule has 0 unspecified atom stereocenters. The average Bonchev–Trinajstić information content (AvgIpc) is 2.54. The second-order valence-corrected chi connectivity index (χ2v) is 9.42. The first-order chi connectivity index (χ1) is 11.1. The number of aliphatic hydroxyl groups excluding tert-OH is 1. The predicted octanol–water partition coefficient (Wildman–Crippen LogP) is 2.41. The van der Waals surface area contributed by atoms with Crippen molar-refractivity contribution in [3.05, 3.63) is 59.7 Å². The molecule has 24 heavy (non-hydrogen) atoms. The van der Waals surface area contributed by atoms with Crippen molar-refractivity contribution in [2.45, 2.75) is 22.3 Å². The molecule has 0 spiro atoms. The third-order valence-electron chi connectivity index (χ3n) is 3.04. The Morgan fingerprint density at radius 2 is 1.08 bits per heavy atom. The van der Waals surface area contributed by atoms with Crippen LogP contribution < -0.4 is 0 Å². The highest BCUT2D eigenvalue weighted by molar-refractivity contribution is 7.91. The van der Waals surface area contributed by atoms with Crippen molar-refractivity contribution in [3.8, 4) is 0 Å². The number of benzene rings is 2. The molecular formula is C16H19ClO5S2. The summed E-state index contributed by atoms with van der Waals surface area (Å²) in [4.78, 5) is 0.607. The van der Waals surface area contributed by atoms with Crippen LogP contribution in [0.15, 0.2) is 58.3 Å². The van der Waals surface area contributed by atoms with Gasteiger partial charge in [0.15, 0.2) is 19.7 Å². The Bertz CT molecular complexity index is 780. The maximum absolute atomic E-state index is 11.0. The molecule has 2 aromatic rings. The van der Waals surface area contributed by atoms with E-state index in [1.165, 1.54) is 18.4 Å². The van der Waals surface area contributed by atoms with E-state index < -0.39 is 19.7 Å². The second-order valence-electron chi connectivity index (χ2n) is 5.12. The quantitative estimate of drug-likeness (QED) is 0.810. The summed E-state index contributed by atoms with van der Waals surface area (Å²) in [5.74, 6) is 0.407. The smallest absolute Gasteiger partial charge is 0.175 e. The van der Waals surface area contributed by atoms with Crippen LogP contribution in [0.1, 0.15) is 11.1 Å². The molecule has 5 nitrogen and oxygen atoms in total. The molecule has 8 heteroatoms. The van der Waals surface area contributed by atoms with Gasteiger partial charge in [-0.3, -0.25) is 0 Å². The Morgan fingerprint density at radius 3 is 1.33 bits per heavy atom. The zero-order valence-corrected chi connectivity index (χ0v) is 15.7. The lowest BCUT2D eigenvalue weighted by atomic mass is 10.2. The zero-order valence-electron chi connectivity index (χ0n) is 13.3. The van der Waals surface area contributed by atoms with Crippen LogP contribution in [0.2, 0.25) is 0 Å². The Hall–Kier alpha value is -1.41. The number of hydrogen-bond donors (Lipinski definition) is 1. The highest BCUT2D eigenvalue weighted by Crippen LogP contribution is 2.11. The van der Waals surface area contributed by atoms with Crippen molar-refractivity contribution in [1.29, 1.82) is 0 Å². The number of sulfone groups is 2. The van der Waals surface area contributed by atoms with Crippen molar-refractivity contribution in [1.82, 2.24) is 0 Å². The Labute approximate surface area is 147 Å². The van der Waals surface area contributed by atoms with Crippen LogP contribution in [0.5, 0.6) is 0 Å². The molecule has 0 aliphatic carbocycles. The fourth-order valence-corrected chi connectivity index (χ4v) is 3.11. The van der Waals surface area contributed by atoms with Gasteiger partial charge in [0.25, 0.3) is 0 Å². The Morgan fingerprint density at radius 1 is 0.750 bits per heavy atom. The molecule has 0 atom stereocenters. The number of rotatable bonds is 4. The van der Waals surface area contributed by atoms with Gasteiger partial charge in [0.1, 0.15) is 0 Å². The summed E-state index contributed by atoms with van der Waals surface area (Å²) in [5.41, 5.74) is 1.63. The number of hydrogen-bond acceptors (Lipinski definition) is 5. The molecule has 0 aromatic heterocycles. The summed E-state index contributed by atoms with van der Waals surface area (Å²) in [6, 6.07) is 12.7. The molecule has 0 saturated heterocycles. The Kier molecular flexibility index (Phi) is 7.41. The van der Waals surface area contributed by atoms with Gasteiger partial charge in [0, 0.05) is 18.4 Å². The fraction of sp³-hybridized carbons (Fsp3) is 0.250. The molecule has 1 N–H and O–H groups in total. The molecule has 2 aromatic carbocycles. The van der Waals surface area contributed by atoms with Gasteiger partial charge < -0.3 is 5.11 Å². The van der Waals surface area contributed by atoms with Gasteiger partial charge in [-0.15, -0.1) is 11.6 Å². The number of halogens is 1. The van der Waals surface area contributed by atoms with Crippen LogP contribution in [0.25, 0.3) is 0 Å². The number of aliphatic hydroxyl groups is 1. The van der Waals surface area contributed by atoms with Crippen LogP contribution in [-0.2, 0) is 32.2 Å². The van der Waals surface area contributed by atoms with Crippen LogP contribution in [0.4, 0.5) is 0 Å². The number of alkyl halides is 1. The van der Waals surface area contributed by atoms with Gasteiger partial charge in [-0.05, 0) is 35.4 Å². The Balaban J connectivity index is 0.000000240. The highest BCUT2D eigenvalue weighted by atomic mass is 35.5. The van der Waals surface area contributed by atoms with Gasteiger partial charge in [-0.2, -0.15) is 0 Å². The van der Waals surface area contributed by atoms with Crippen molar-refractivity contribution < 1.29 is 21.9 Å². The lowest BCUT2D eigenvalue weighted by Gasteiger charge is -1.98. The van der Waals surface area contributed by atoms with Crippen molar-refractivity contribution in [2.75, 3.05) is 12.5 Å². The van der Waals surface area contributed by atoms with Crippen molar-refractivity contribution >= 4 is 31.3 Å². The van der Waals surface area contributed by atoms with Gasteiger partial charge in [0.05, 0.1) is 16.4 Å². The first-order valence-corrected chi connectivity index (χ1v) is 11.1. The molecule has 0 bridgehead atoms. The van der Waals surface area contributed by atoms with Gasteiger partial charge in [-0.1, -0.05) is 24.3 Å². The summed E-state index contributed by atoms with van der Waals surface area (Å²) in [6.45, 7) is -0.0654. The molecule has 0 radical (unpaired) electrons. The zero-order chi connectivity index (χ0) is 18.4. The predicted molar refractivity (Wildman–Crippen MR) is 94.6 cm³/mol. The van der Waals surface area contributed by atoms with Crippen LogP contribution in [0.3, 0.4) is 0 Å². The van der Waals surface area contributed by atoms with Gasteiger partial charge in [0.2, 0.25) is 0 Å². The third kappa shape index (κ3) is 6.60. The van der Waals surface area contributed by atoms with Gasteiger partial charge in [-0.25, -0.2) is 16.8 Å². The van der Waals surface area contributed by atoms with Crippen LogP contribution >= 0.6 is 11.6 Å². The van der Waals surface area contributed by atoms with E-state index in [1.54, 1.807) is 36.4 Å². The van der Waals surface area contributed by atoms with Gasteiger partial charge >= 0.3 is 0 Å². The first kappa shape index (κ1) is 20.6. The molecular weight excluding hydrogens is 372 g/mol. The first-order valence-electron chi connectivity index (χ1n) is 6.82. The van der Waals surface area contributed by atoms with Crippen molar-refractivity contribution in [3.63, 3.8) is 0 Å². The van der Waals surface area contributed by atoms with E-state index >= 15 is 0 Å². The van der Waals surface area contributed by atoms with E-state index in [4.69, 9.17) is 16.7 Å². The van der Waals surface area contributed by atoms with Crippen molar-refractivity contribution in [2.24, 2.45) is 0 Å². The second kappa shape index (κ2) is 8.62. The largest absolute Gasteiger partial charge is 0.392 e. The molecule has 0 amide bonds. The van der Waals surface area contributed by atoms with E-state index in [0.29, 0.717) is 16.3 Å². The summed E-state index contributed by atoms with van der Waals surface area (Å²) in [7, 11) is -6.18. The summed E-state index contributed by atoms with van der Waals surface area (Å²) in [5, 5.41) is 8.68. The minimum atomic E-state index is -3.11. The highest BCUT2D eigenvalue weighted by Gasteiger charge is 2.05. The molecule has 0 saturated carbocycles. The molecule has 0 heterocycles. The topological polar surface area (TPSA) is 88.5 Å². The minimum Gasteiger partial charge on any atom is -0.392 e. The standard InChI is InChI=1S/C8H9ClO2S.C8H10O3S/c2*1-12(10,11)8-4-2-7(6-9)3-5-8/h2-5H,6H2,1H3;2-5,9H,6H2,1H3. The summed E-state index contributed by atoms with van der Waals surface area (Å²) < 4.78 is 43.9. The minimum absolute atomic E-state index is 0.0654. The molecule has 0 aliphatic rings. The monoisotopic (exact) mass is 390 g/mol. The molecule has 0 aliphatic heterocycles. The molecule has 132 valence electrons. The summed E-state index contributed by atoms with van der Waals surface area (Å²) in [6.07, 6.45) is 2.34. The van der Waals surface area contributed by atoms with Crippen LogP contribution in [0, 0.1) is 0 Å². The normalized spacial score (nSPS) is 11.5. The fourth-order valence-electron chi connectivity index (χ4n) is 1.67. The average molecular weight is 391 g/mol. The van der Waals surface area contributed by atoms with Crippen LogP contribution in [-0.4, -0.2) is 34.5 Å². The lowest BCUT2D eigenvalue weighted by molar-refractivity contribution is 0.282. The lowest BCUT2D eigenvalue weighted by Crippen LogP contribution is -1.96. The van der Waals surface area contributed by atoms with E-state index in [0.717, 1.165) is 11.8 Å². The van der Waals surface area contributed by atoms with E-state index in [-0.39, 0.29) is 11.5 Å². The molecule has 0 fully saturated rings. The van der Waals surface area contributed by atoms with E-state index in [2.05, 4.69) is 0 Å².